The van der Waals surface area contributed by atoms with Gasteiger partial charge in [-0.1, -0.05) is 37.8 Å². The number of hydrogen-bond donors (Lipinski definition) is 2. The molecule has 2 N–H and O–H groups in total. The molecule has 12 nitrogen and oxygen atoms in total. The van der Waals surface area contributed by atoms with Crippen LogP contribution in [0.5, 0.6) is 23.0 Å². The Hall–Kier alpha value is -3.84. The van der Waals surface area contributed by atoms with Crippen molar-refractivity contribution in [3.8, 4) is 23.0 Å². The number of likely N-dealkylation sites (tertiary alicyclic amines) is 2. The summed E-state index contributed by atoms with van der Waals surface area (Å²) in [6.07, 6.45) is 13.1. The maximum atomic E-state index is 13.4. The van der Waals surface area contributed by atoms with Gasteiger partial charge in [-0.25, -0.2) is 0 Å². The number of rotatable bonds is 15. The van der Waals surface area contributed by atoms with Gasteiger partial charge in [-0.15, -0.1) is 0 Å². The summed E-state index contributed by atoms with van der Waals surface area (Å²) < 4.78 is 24.8. The molecule has 2 saturated heterocycles. The first-order valence-corrected chi connectivity index (χ1v) is 24.1. The average Bonchev–Trinajstić information content (AvgIpc) is 4.18. The molecule has 4 bridgehead atoms. The van der Waals surface area contributed by atoms with Crippen LogP contribution in [0.15, 0.2) is 24.3 Å². The van der Waals surface area contributed by atoms with Crippen LogP contribution in [0.3, 0.4) is 0 Å². The van der Waals surface area contributed by atoms with Gasteiger partial charge < -0.3 is 29.2 Å². The predicted octanol–water partition coefficient (Wildman–Crippen LogP) is 5.58. The van der Waals surface area contributed by atoms with Gasteiger partial charge in [0, 0.05) is 62.0 Å². The molecule has 10 aliphatic rings. The smallest absolute Gasteiger partial charge is 0.311 e. The van der Waals surface area contributed by atoms with Gasteiger partial charge >= 0.3 is 11.9 Å². The number of ether oxygens (including phenoxy) is 4. The van der Waals surface area contributed by atoms with E-state index in [2.05, 4.69) is 9.80 Å². The predicted molar refractivity (Wildman–Crippen MR) is 224 cm³/mol. The van der Waals surface area contributed by atoms with Crippen molar-refractivity contribution in [1.82, 2.24) is 9.80 Å². The third kappa shape index (κ3) is 5.70. The lowest BCUT2D eigenvalue weighted by Gasteiger charge is -2.62. The molecule has 0 radical (unpaired) electrons. The number of Topliss-reactive ketones (excluding diaryl/α,β-unsaturated/α-hetero) is 2. The van der Waals surface area contributed by atoms with Crippen LogP contribution in [0.4, 0.5) is 0 Å². The molecule has 4 heterocycles. The number of carbonyl (C=O) groups excluding carboxylic acids is 4. The average molecular weight is 849 g/mol. The standard InChI is InChI=1S/C50H60N2O10/c53-33-17-19-49(57)37-25-31-13-15-35(43-41(31)47(49,45(33)61-43)21-23-51(37)27-29-9-10-29)59-39(55)7-5-3-1-2-4-6-8-40(56)60-36-16-14-32-26-38-50(58)20-18-34(54)46-48(50,42(32)44(36)62-46)22-24-52(38)28-30-11-12-30/h13-16,29-30,37-38,45-46,57-58H,1-12,17-28H2/t37-,38-,45+,46+,47+,48+,49-,50-/m1/s1. The highest BCUT2D eigenvalue weighted by Gasteiger charge is 2.75. The Bertz CT molecular complexity index is 2100. The zero-order valence-corrected chi connectivity index (χ0v) is 35.8. The third-order valence-corrected chi connectivity index (χ3v) is 17.5. The molecule has 12 rings (SSSR count). The minimum absolute atomic E-state index is 0.0254. The Morgan fingerprint density at radius 1 is 0.613 bits per heavy atom. The van der Waals surface area contributed by atoms with Gasteiger partial charge in [0.2, 0.25) is 0 Å². The molecule has 6 aliphatic carbocycles. The lowest BCUT2D eigenvalue weighted by Crippen LogP contribution is -2.76. The first kappa shape index (κ1) is 39.7. The molecule has 8 atom stereocenters. The van der Waals surface area contributed by atoms with E-state index in [-0.39, 0.29) is 48.4 Å². The van der Waals surface area contributed by atoms with Crippen LogP contribution >= 0.6 is 0 Å². The number of nitrogens with zero attached hydrogens (tertiary/aromatic N) is 2. The fraction of sp³-hybridized carbons (Fsp3) is 0.680. The van der Waals surface area contributed by atoms with Crippen molar-refractivity contribution in [3.05, 3.63) is 46.5 Å². The number of ketones is 2. The van der Waals surface area contributed by atoms with Crippen LogP contribution in [0.25, 0.3) is 0 Å². The molecule has 2 aromatic carbocycles. The fourth-order valence-electron chi connectivity index (χ4n) is 14.3. The van der Waals surface area contributed by atoms with E-state index >= 15 is 0 Å². The number of unbranched alkanes of at least 4 members (excludes halogenated alkanes) is 5. The van der Waals surface area contributed by atoms with Gasteiger partial charge in [-0.3, -0.25) is 29.0 Å². The number of benzene rings is 2. The second-order valence-electron chi connectivity index (χ2n) is 21.0. The number of aliphatic hydroxyl groups is 2. The molecule has 4 saturated carbocycles. The van der Waals surface area contributed by atoms with Gasteiger partial charge in [-0.05, 0) is 125 Å². The number of carbonyl (C=O) groups is 4. The zero-order valence-electron chi connectivity index (χ0n) is 35.8. The van der Waals surface area contributed by atoms with E-state index < -0.39 is 34.2 Å². The SMILES string of the molecule is O=C(CCCCCCCCC(=O)Oc1ccc2c3c1O[C@H]1C(=O)CC[C@@]4(O)[C@@H](C2)N(CC2CC2)CC[C@]314)Oc1ccc2c3c1O[C@H]1C(=O)CC[C@@]4(O)[C@@H](C2)N(CC2CC2)CC[C@]314. The van der Waals surface area contributed by atoms with Gasteiger partial charge in [0.05, 0.1) is 22.0 Å². The van der Waals surface area contributed by atoms with Crippen molar-refractivity contribution >= 4 is 23.5 Å². The van der Waals surface area contributed by atoms with E-state index in [1.54, 1.807) is 0 Å². The van der Waals surface area contributed by atoms with E-state index in [1.807, 2.05) is 24.3 Å². The molecule has 2 spiro atoms. The molecule has 0 aromatic heterocycles. The van der Waals surface area contributed by atoms with E-state index in [0.717, 1.165) is 74.1 Å². The monoisotopic (exact) mass is 848 g/mol. The molecular weight excluding hydrogens is 789 g/mol. The van der Waals surface area contributed by atoms with Crippen molar-refractivity contribution < 1.29 is 48.3 Å². The van der Waals surface area contributed by atoms with Crippen molar-refractivity contribution in [1.29, 1.82) is 0 Å². The Labute approximate surface area is 363 Å². The van der Waals surface area contributed by atoms with Gasteiger partial charge in [0.15, 0.2) is 46.8 Å². The summed E-state index contributed by atoms with van der Waals surface area (Å²) >= 11 is 0. The molecule has 12 heteroatoms. The Morgan fingerprint density at radius 2 is 1.03 bits per heavy atom. The summed E-state index contributed by atoms with van der Waals surface area (Å²) in [6.45, 7) is 3.65. The molecule has 62 heavy (non-hydrogen) atoms. The largest absolute Gasteiger partial charge is 0.477 e. The second-order valence-corrected chi connectivity index (χ2v) is 21.0. The quantitative estimate of drug-likeness (QED) is 0.131. The normalized spacial score (nSPS) is 35.8. The fourth-order valence-corrected chi connectivity index (χ4v) is 14.3. The molecule has 330 valence electrons. The van der Waals surface area contributed by atoms with E-state index in [9.17, 15) is 29.4 Å². The first-order chi connectivity index (χ1) is 30.0. The summed E-state index contributed by atoms with van der Waals surface area (Å²) in [5.74, 6) is 2.43. The highest BCUT2D eigenvalue weighted by molar-refractivity contribution is 5.91. The minimum Gasteiger partial charge on any atom is -0.477 e. The van der Waals surface area contributed by atoms with Crippen molar-refractivity contribution in [3.63, 3.8) is 0 Å². The maximum Gasteiger partial charge on any atom is 0.311 e. The van der Waals surface area contributed by atoms with Crippen LogP contribution < -0.4 is 18.9 Å². The number of hydrogen-bond acceptors (Lipinski definition) is 12. The van der Waals surface area contributed by atoms with E-state index in [1.165, 1.54) is 25.7 Å². The molecular formula is C50H60N2O10. The second kappa shape index (κ2) is 14.3. The van der Waals surface area contributed by atoms with Gasteiger partial charge in [-0.2, -0.15) is 0 Å². The van der Waals surface area contributed by atoms with Crippen LogP contribution in [-0.2, 0) is 42.8 Å². The Morgan fingerprint density at radius 3 is 1.45 bits per heavy atom. The van der Waals surface area contributed by atoms with Gasteiger partial charge in [0.25, 0.3) is 0 Å². The lowest BCUT2D eigenvalue weighted by atomic mass is 9.49. The molecule has 6 fully saturated rings. The molecule has 2 aromatic rings. The highest BCUT2D eigenvalue weighted by atomic mass is 16.6. The zero-order chi connectivity index (χ0) is 42.2. The number of esters is 2. The number of piperidine rings is 2. The van der Waals surface area contributed by atoms with Crippen molar-refractivity contribution in [2.24, 2.45) is 11.8 Å². The molecule has 0 amide bonds. The summed E-state index contributed by atoms with van der Waals surface area (Å²) in [5, 5.41) is 25.1. The van der Waals surface area contributed by atoms with Crippen LogP contribution in [0.2, 0.25) is 0 Å². The molecule has 4 aliphatic heterocycles. The van der Waals surface area contributed by atoms with Crippen molar-refractivity contribution in [2.75, 3.05) is 26.2 Å². The van der Waals surface area contributed by atoms with E-state index in [0.29, 0.717) is 99.0 Å². The molecule has 0 unspecified atom stereocenters. The summed E-state index contributed by atoms with van der Waals surface area (Å²) in [6, 6.07) is 7.58. The Balaban J connectivity index is 0.626. The summed E-state index contributed by atoms with van der Waals surface area (Å²) in [7, 11) is 0. The van der Waals surface area contributed by atoms with E-state index in [4.69, 9.17) is 18.9 Å². The highest BCUT2D eigenvalue weighted by Crippen LogP contribution is 2.67. The van der Waals surface area contributed by atoms with Crippen LogP contribution in [-0.4, -0.2) is 105 Å². The summed E-state index contributed by atoms with van der Waals surface area (Å²) in [4.78, 5) is 58.1. The summed E-state index contributed by atoms with van der Waals surface area (Å²) in [5.41, 5.74) is 0.277. The van der Waals surface area contributed by atoms with Crippen LogP contribution in [0, 0.1) is 11.8 Å². The minimum atomic E-state index is -1.06. The third-order valence-electron chi connectivity index (χ3n) is 17.5. The van der Waals surface area contributed by atoms with Gasteiger partial charge in [0.1, 0.15) is 0 Å². The topological polar surface area (TPSA) is 152 Å². The van der Waals surface area contributed by atoms with Crippen molar-refractivity contribution in [2.45, 2.75) is 175 Å². The Kier molecular flexibility index (Phi) is 9.18. The lowest BCUT2D eigenvalue weighted by molar-refractivity contribution is -0.188. The first-order valence-electron chi connectivity index (χ1n) is 24.1. The maximum absolute atomic E-state index is 13.4. The van der Waals surface area contributed by atoms with Crippen LogP contribution in [0.1, 0.15) is 138 Å².